The summed E-state index contributed by atoms with van der Waals surface area (Å²) in [7, 11) is 0. The molecule has 4 nitrogen and oxygen atoms in total. The van der Waals surface area contributed by atoms with Crippen molar-refractivity contribution in [3.8, 4) is 5.69 Å². The molecule has 2 aromatic rings. The number of hydrogen-bond acceptors (Lipinski definition) is 3. The predicted molar refractivity (Wildman–Crippen MR) is 76.1 cm³/mol. The second kappa shape index (κ2) is 5.48. The first kappa shape index (κ1) is 13.7. The molecule has 0 aliphatic carbocycles. The second-order valence-electron chi connectivity index (χ2n) is 4.44. The van der Waals surface area contributed by atoms with Crippen LogP contribution in [-0.4, -0.2) is 26.4 Å². The predicted octanol–water partition coefficient (Wildman–Crippen LogP) is 2.97. The van der Waals surface area contributed by atoms with Crippen LogP contribution in [0.4, 0.5) is 0 Å². The van der Waals surface area contributed by atoms with Gasteiger partial charge in [-0.3, -0.25) is 9.36 Å². The van der Waals surface area contributed by atoms with Crippen LogP contribution >= 0.6 is 11.8 Å². The van der Waals surface area contributed by atoms with E-state index in [0.29, 0.717) is 0 Å². The Balaban J connectivity index is 2.49. The smallest absolute Gasteiger partial charge is 0.313 e. The van der Waals surface area contributed by atoms with Crippen molar-refractivity contribution in [3.05, 3.63) is 41.2 Å². The van der Waals surface area contributed by atoms with E-state index in [4.69, 9.17) is 5.11 Å². The summed E-state index contributed by atoms with van der Waals surface area (Å²) in [5, 5.41) is 9.51. The van der Waals surface area contributed by atoms with E-state index < -0.39 is 5.97 Å². The van der Waals surface area contributed by atoms with Crippen molar-refractivity contribution in [1.82, 2.24) is 9.55 Å². The molecule has 1 aromatic carbocycles. The zero-order valence-electron chi connectivity index (χ0n) is 11.2. The van der Waals surface area contributed by atoms with E-state index in [1.807, 2.05) is 43.5 Å². The maximum Gasteiger partial charge on any atom is 0.313 e. The highest BCUT2D eigenvalue weighted by Crippen LogP contribution is 2.27. The van der Waals surface area contributed by atoms with Crippen molar-refractivity contribution < 1.29 is 9.90 Å². The van der Waals surface area contributed by atoms with Crippen molar-refractivity contribution in [1.29, 1.82) is 0 Å². The molecule has 0 radical (unpaired) electrons. The Morgan fingerprint density at radius 1 is 1.32 bits per heavy atom. The van der Waals surface area contributed by atoms with Gasteiger partial charge in [-0.2, -0.15) is 0 Å². The Morgan fingerprint density at radius 2 is 1.95 bits per heavy atom. The van der Waals surface area contributed by atoms with Crippen LogP contribution in [0.1, 0.15) is 16.8 Å². The summed E-state index contributed by atoms with van der Waals surface area (Å²) in [5.41, 5.74) is 4.40. The number of carboxylic acids is 1. The van der Waals surface area contributed by atoms with Crippen molar-refractivity contribution in [2.45, 2.75) is 25.9 Å². The standard InChI is InChI=1S/C14H16N2O2S/c1-9-5-4-6-10(2)13(9)16-11(3)7-15-14(16)19-8-12(17)18/h4-7H,8H2,1-3H3,(H,17,18). The molecular weight excluding hydrogens is 260 g/mol. The molecule has 0 spiro atoms. The zero-order chi connectivity index (χ0) is 14.0. The number of nitrogens with zero attached hydrogens (tertiary/aromatic N) is 2. The molecule has 19 heavy (non-hydrogen) atoms. The number of benzene rings is 1. The van der Waals surface area contributed by atoms with Crippen LogP contribution < -0.4 is 0 Å². The highest BCUT2D eigenvalue weighted by Gasteiger charge is 2.14. The lowest BCUT2D eigenvalue weighted by molar-refractivity contribution is -0.133. The van der Waals surface area contributed by atoms with Gasteiger partial charge >= 0.3 is 5.97 Å². The SMILES string of the molecule is Cc1cccc(C)c1-n1c(C)cnc1SCC(=O)O. The molecule has 100 valence electrons. The Kier molecular flexibility index (Phi) is 3.95. The average molecular weight is 276 g/mol. The van der Waals surface area contributed by atoms with Crippen LogP contribution in [0.25, 0.3) is 5.69 Å². The molecule has 0 bridgehead atoms. The molecule has 0 saturated carbocycles. The Hall–Kier alpha value is -1.75. The lowest BCUT2D eigenvalue weighted by Crippen LogP contribution is -2.05. The molecule has 0 aliphatic heterocycles. The molecule has 1 heterocycles. The van der Waals surface area contributed by atoms with Gasteiger partial charge in [0.15, 0.2) is 5.16 Å². The number of imidazole rings is 1. The fraction of sp³-hybridized carbons (Fsp3) is 0.286. The van der Waals surface area contributed by atoms with E-state index in [2.05, 4.69) is 4.98 Å². The molecule has 0 aliphatic rings. The van der Waals surface area contributed by atoms with E-state index in [1.54, 1.807) is 6.20 Å². The summed E-state index contributed by atoms with van der Waals surface area (Å²) in [6.45, 7) is 6.07. The lowest BCUT2D eigenvalue weighted by atomic mass is 10.1. The number of rotatable bonds is 4. The summed E-state index contributed by atoms with van der Waals surface area (Å²) < 4.78 is 2.03. The van der Waals surface area contributed by atoms with Crippen LogP contribution in [0.3, 0.4) is 0 Å². The zero-order valence-corrected chi connectivity index (χ0v) is 12.0. The van der Waals surface area contributed by atoms with Gasteiger partial charge in [-0.15, -0.1) is 0 Å². The summed E-state index contributed by atoms with van der Waals surface area (Å²) in [6.07, 6.45) is 1.77. The number of aryl methyl sites for hydroxylation is 3. The molecule has 1 N–H and O–H groups in total. The third-order valence-corrected chi connectivity index (χ3v) is 3.83. The normalized spacial score (nSPS) is 10.7. The number of aromatic nitrogens is 2. The van der Waals surface area contributed by atoms with Crippen LogP contribution in [-0.2, 0) is 4.79 Å². The number of hydrogen-bond donors (Lipinski definition) is 1. The topological polar surface area (TPSA) is 55.1 Å². The molecule has 0 atom stereocenters. The first-order chi connectivity index (χ1) is 9.00. The van der Waals surface area contributed by atoms with E-state index in [-0.39, 0.29) is 5.75 Å². The minimum Gasteiger partial charge on any atom is -0.481 e. The fourth-order valence-corrected chi connectivity index (χ4v) is 2.82. The minimum absolute atomic E-state index is 0.0153. The quantitative estimate of drug-likeness (QED) is 0.872. The van der Waals surface area contributed by atoms with E-state index >= 15 is 0 Å². The van der Waals surface area contributed by atoms with Gasteiger partial charge in [-0.1, -0.05) is 30.0 Å². The molecule has 0 fully saturated rings. The fourth-order valence-electron chi connectivity index (χ4n) is 2.07. The Labute approximate surface area is 116 Å². The first-order valence-corrected chi connectivity index (χ1v) is 6.95. The summed E-state index contributed by atoms with van der Waals surface area (Å²) in [5.74, 6) is -0.819. The summed E-state index contributed by atoms with van der Waals surface area (Å²) >= 11 is 1.24. The van der Waals surface area contributed by atoms with Crippen molar-refractivity contribution >= 4 is 17.7 Å². The number of carbonyl (C=O) groups is 1. The van der Waals surface area contributed by atoms with Gasteiger partial charge in [0.2, 0.25) is 0 Å². The Morgan fingerprint density at radius 3 is 2.53 bits per heavy atom. The average Bonchev–Trinajstić information content (AvgIpc) is 2.69. The van der Waals surface area contributed by atoms with E-state index in [9.17, 15) is 4.79 Å². The molecule has 2 rings (SSSR count). The number of carboxylic acid groups (broad SMARTS) is 1. The summed E-state index contributed by atoms with van der Waals surface area (Å²) in [6, 6.07) is 6.12. The van der Waals surface area contributed by atoms with Crippen molar-refractivity contribution in [2.75, 3.05) is 5.75 Å². The van der Waals surface area contributed by atoms with Gasteiger partial charge < -0.3 is 5.11 Å². The van der Waals surface area contributed by atoms with Gasteiger partial charge in [0.1, 0.15) is 0 Å². The van der Waals surface area contributed by atoms with Crippen LogP contribution in [0.5, 0.6) is 0 Å². The first-order valence-electron chi connectivity index (χ1n) is 5.96. The minimum atomic E-state index is -0.835. The monoisotopic (exact) mass is 276 g/mol. The molecule has 0 saturated heterocycles. The third-order valence-electron chi connectivity index (χ3n) is 2.89. The molecule has 0 amide bonds. The van der Waals surface area contributed by atoms with E-state index in [1.165, 1.54) is 11.8 Å². The molecule has 5 heteroatoms. The largest absolute Gasteiger partial charge is 0.481 e. The van der Waals surface area contributed by atoms with Gasteiger partial charge in [-0.05, 0) is 31.9 Å². The molecular formula is C14H16N2O2S. The summed E-state index contributed by atoms with van der Waals surface area (Å²) in [4.78, 5) is 15.0. The molecule has 0 unspecified atom stereocenters. The van der Waals surface area contributed by atoms with Crippen molar-refractivity contribution in [3.63, 3.8) is 0 Å². The highest BCUT2D eigenvalue weighted by molar-refractivity contribution is 7.99. The second-order valence-corrected chi connectivity index (χ2v) is 5.38. The van der Waals surface area contributed by atoms with Gasteiger partial charge in [-0.25, -0.2) is 4.98 Å². The van der Waals surface area contributed by atoms with Gasteiger partial charge in [0.25, 0.3) is 0 Å². The van der Waals surface area contributed by atoms with Gasteiger partial charge in [0, 0.05) is 11.9 Å². The lowest BCUT2D eigenvalue weighted by Gasteiger charge is -2.15. The maximum atomic E-state index is 10.7. The molecule has 1 aromatic heterocycles. The van der Waals surface area contributed by atoms with Crippen LogP contribution in [0.2, 0.25) is 0 Å². The van der Waals surface area contributed by atoms with Crippen LogP contribution in [0, 0.1) is 20.8 Å². The van der Waals surface area contributed by atoms with E-state index in [0.717, 1.165) is 27.7 Å². The number of thioether (sulfide) groups is 1. The third kappa shape index (κ3) is 2.81. The maximum absolute atomic E-state index is 10.7. The number of aliphatic carboxylic acids is 1. The highest BCUT2D eigenvalue weighted by atomic mass is 32.2. The van der Waals surface area contributed by atoms with Gasteiger partial charge in [0.05, 0.1) is 11.4 Å². The number of para-hydroxylation sites is 1. The van der Waals surface area contributed by atoms with Crippen LogP contribution in [0.15, 0.2) is 29.6 Å². The van der Waals surface area contributed by atoms with Crippen molar-refractivity contribution in [2.24, 2.45) is 0 Å². The Bertz CT molecular complexity index is 600.